The van der Waals surface area contributed by atoms with E-state index in [9.17, 15) is 38.4 Å². The lowest BCUT2D eigenvalue weighted by atomic mass is 10.00. The predicted molar refractivity (Wildman–Crippen MR) is 237 cm³/mol. The molecule has 0 unspecified atom stereocenters. The third-order valence-electron chi connectivity index (χ3n) is 11.9. The molecule has 2 aliphatic heterocycles. The Balaban J connectivity index is 1.41. The molecule has 16 heteroatoms. The lowest BCUT2D eigenvalue weighted by Crippen LogP contribution is -2.58. The smallest absolute Gasteiger partial charge is 0.385 e. The Morgan fingerprint density at radius 3 is 1.98 bits per heavy atom. The molecule has 4 rings (SSSR count). The minimum atomic E-state index is -1.17. The highest BCUT2D eigenvalue weighted by Crippen LogP contribution is 2.25. The molecule has 2 heterocycles. The average Bonchev–Trinajstić information content (AvgIpc) is 4.00. The highest BCUT2D eigenvalue weighted by molar-refractivity contribution is 5.97. The van der Waals surface area contributed by atoms with Crippen molar-refractivity contribution in [3.63, 3.8) is 0 Å². The molecule has 346 valence electrons. The van der Waals surface area contributed by atoms with Gasteiger partial charge in [0.2, 0.25) is 29.5 Å². The fourth-order valence-corrected chi connectivity index (χ4v) is 8.01. The van der Waals surface area contributed by atoms with Gasteiger partial charge >= 0.3 is 11.9 Å². The first-order chi connectivity index (χ1) is 30.5. The van der Waals surface area contributed by atoms with Crippen LogP contribution >= 0.6 is 0 Å². The molecule has 64 heavy (non-hydrogen) atoms. The molecule has 2 aromatic carbocycles. The minimum absolute atomic E-state index is 0.0553. The number of esters is 2. The first-order valence-corrected chi connectivity index (χ1v) is 22.1. The summed E-state index contributed by atoms with van der Waals surface area (Å²) in [5, 5.41) is 5.39. The molecule has 0 saturated carbocycles. The van der Waals surface area contributed by atoms with Crippen LogP contribution in [0.4, 0.5) is 0 Å². The Hall–Kier alpha value is -6.24. The van der Waals surface area contributed by atoms with Gasteiger partial charge in [0.25, 0.3) is 5.91 Å². The molecule has 7 atom stereocenters. The van der Waals surface area contributed by atoms with Crippen molar-refractivity contribution < 1.29 is 47.8 Å². The van der Waals surface area contributed by atoms with E-state index in [-0.39, 0.29) is 31.2 Å². The van der Waals surface area contributed by atoms with Gasteiger partial charge in [0, 0.05) is 51.0 Å². The standard InChI is InChI=1S/C48H64N6O10/c1-9-32(4)42(64-41(56)25-24-34-18-12-10-13-19-34)47(61)53-26-16-22-36(53)43(57)49-30-40(55)51(6)38(28-31(2)3)44(58)50-33(5)45(59)52(7)39(29-35-20-14-11-15-21-35)46(60)54-27-17-23-37(54)48(62)63-8/h10-15,18-21,31-33,36-39,42H,9,16-17,22-23,26-30H2,1-8H3,(H,49,57)(H,50,58)/t32-,33-,36-,37-,38-,39+,42+/m0/s1. The highest BCUT2D eigenvalue weighted by Gasteiger charge is 2.42. The van der Waals surface area contributed by atoms with Crippen molar-refractivity contribution in [3.8, 4) is 11.8 Å². The van der Waals surface area contributed by atoms with Crippen LogP contribution < -0.4 is 10.6 Å². The fourth-order valence-electron chi connectivity index (χ4n) is 8.01. The van der Waals surface area contributed by atoms with Crippen molar-refractivity contribution in [3.05, 3.63) is 71.8 Å². The molecular formula is C48H64N6O10. The van der Waals surface area contributed by atoms with Crippen LogP contribution in [0.1, 0.15) is 84.3 Å². The van der Waals surface area contributed by atoms with Crippen LogP contribution in [0.2, 0.25) is 0 Å². The Bertz CT molecular complexity index is 2040. The Labute approximate surface area is 376 Å². The lowest BCUT2D eigenvalue weighted by Gasteiger charge is -2.35. The van der Waals surface area contributed by atoms with Crippen LogP contribution in [0.3, 0.4) is 0 Å². The quantitative estimate of drug-likeness (QED) is 0.166. The summed E-state index contributed by atoms with van der Waals surface area (Å²) in [6.45, 7) is 9.01. The summed E-state index contributed by atoms with van der Waals surface area (Å²) in [7, 11) is 4.20. The first-order valence-electron chi connectivity index (χ1n) is 22.1. The molecule has 2 aromatic rings. The van der Waals surface area contributed by atoms with E-state index in [2.05, 4.69) is 22.5 Å². The number of carbonyl (C=O) groups excluding carboxylic acids is 8. The minimum Gasteiger partial charge on any atom is -0.467 e. The molecule has 2 aliphatic rings. The molecular weight excluding hydrogens is 821 g/mol. The van der Waals surface area contributed by atoms with Crippen LogP contribution in [0.15, 0.2) is 60.7 Å². The van der Waals surface area contributed by atoms with Gasteiger partial charge in [0.15, 0.2) is 6.10 Å². The molecule has 0 spiro atoms. The van der Waals surface area contributed by atoms with E-state index in [0.29, 0.717) is 44.2 Å². The largest absolute Gasteiger partial charge is 0.467 e. The maximum absolute atomic E-state index is 14.1. The zero-order valence-electron chi connectivity index (χ0n) is 38.3. The lowest BCUT2D eigenvalue weighted by molar-refractivity contribution is -0.160. The summed E-state index contributed by atoms with van der Waals surface area (Å²) in [4.78, 5) is 114. The van der Waals surface area contributed by atoms with E-state index >= 15 is 0 Å². The number of nitrogens with one attached hydrogen (secondary N) is 2. The van der Waals surface area contributed by atoms with Crippen LogP contribution in [0, 0.1) is 23.7 Å². The second kappa shape index (κ2) is 24.0. The molecule has 0 aliphatic carbocycles. The number of benzene rings is 2. The fraction of sp³-hybridized carbons (Fsp3) is 0.542. The van der Waals surface area contributed by atoms with Gasteiger partial charge in [-0.2, -0.15) is 0 Å². The summed E-state index contributed by atoms with van der Waals surface area (Å²) in [6, 6.07) is 13.2. The third-order valence-corrected chi connectivity index (χ3v) is 11.9. The van der Waals surface area contributed by atoms with E-state index < -0.39 is 90.2 Å². The van der Waals surface area contributed by atoms with Gasteiger partial charge in [-0.1, -0.05) is 82.1 Å². The summed E-state index contributed by atoms with van der Waals surface area (Å²) < 4.78 is 10.5. The van der Waals surface area contributed by atoms with Crippen LogP contribution in [-0.2, 0) is 54.3 Å². The van der Waals surface area contributed by atoms with E-state index in [1.165, 1.54) is 47.7 Å². The van der Waals surface area contributed by atoms with Gasteiger partial charge in [-0.15, -0.1) is 0 Å². The number of amides is 6. The first kappa shape index (κ1) is 50.4. The number of hydrogen-bond donors (Lipinski definition) is 2. The number of carbonyl (C=O) groups is 8. The second-order valence-electron chi connectivity index (χ2n) is 17.0. The molecule has 0 bridgehead atoms. The van der Waals surface area contributed by atoms with Gasteiger partial charge in [-0.05, 0) is 69.1 Å². The van der Waals surface area contributed by atoms with Gasteiger partial charge in [-0.3, -0.25) is 28.8 Å². The summed E-state index contributed by atoms with van der Waals surface area (Å²) in [5.41, 5.74) is 1.41. The second-order valence-corrected chi connectivity index (χ2v) is 17.0. The number of ether oxygens (including phenoxy) is 2. The molecule has 0 aromatic heterocycles. The van der Waals surface area contributed by atoms with Crippen LogP contribution in [0.5, 0.6) is 0 Å². The van der Waals surface area contributed by atoms with E-state index in [0.717, 1.165) is 5.56 Å². The Morgan fingerprint density at radius 1 is 0.797 bits per heavy atom. The topological polar surface area (TPSA) is 192 Å². The molecule has 2 N–H and O–H groups in total. The van der Waals surface area contributed by atoms with Crippen molar-refractivity contribution >= 4 is 47.4 Å². The Morgan fingerprint density at radius 2 is 1.39 bits per heavy atom. The van der Waals surface area contributed by atoms with Crippen molar-refractivity contribution in [2.75, 3.05) is 40.8 Å². The SMILES string of the molecule is CC[C@H](C)[C@@H](OC(=O)C#Cc1ccccc1)C(=O)N1CCC[C@H]1C(=O)NCC(=O)N(C)[C@@H](CC(C)C)C(=O)N[C@@H](C)C(=O)N(C)[C@H](Cc1ccccc1)C(=O)N1CCC[C@H]1C(=O)OC. The molecule has 2 fully saturated rings. The molecule has 16 nitrogen and oxygen atoms in total. The van der Waals surface area contributed by atoms with Crippen LogP contribution in [0.25, 0.3) is 0 Å². The molecule has 0 radical (unpaired) electrons. The third kappa shape index (κ3) is 13.4. The maximum Gasteiger partial charge on any atom is 0.385 e. The van der Waals surface area contributed by atoms with Crippen molar-refractivity contribution in [1.29, 1.82) is 0 Å². The van der Waals surface area contributed by atoms with Crippen molar-refractivity contribution in [1.82, 2.24) is 30.2 Å². The van der Waals surface area contributed by atoms with Gasteiger partial charge in [0.1, 0.15) is 30.2 Å². The summed E-state index contributed by atoms with van der Waals surface area (Å²) >= 11 is 0. The zero-order valence-corrected chi connectivity index (χ0v) is 38.3. The number of hydrogen-bond acceptors (Lipinski definition) is 10. The highest BCUT2D eigenvalue weighted by atomic mass is 16.5. The van der Waals surface area contributed by atoms with Gasteiger partial charge in [-0.25, -0.2) is 9.59 Å². The summed E-state index contributed by atoms with van der Waals surface area (Å²) in [5.74, 6) is 0.116. The zero-order chi connectivity index (χ0) is 47.1. The van der Waals surface area contributed by atoms with Crippen molar-refractivity contribution in [2.45, 2.75) is 116 Å². The van der Waals surface area contributed by atoms with E-state index in [4.69, 9.17) is 9.47 Å². The van der Waals surface area contributed by atoms with Gasteiger partial charge < -0.3 is 39.7 Å². The predicted octanol–water partition coefficient (Wildman–Crippen LogP) is 2.71. The molecule has 6 amide bonds. The van der Waals surface area contributed by atoms with Crippen LogP contribution in [-0.4, -0.2) is 144 Å². The number of methoxy groups -OCH3 is 1. The average molecular weight is 885 g/mol. The number of nitrogens with zero attached hydrogens (tertiary/aromatic N) is 4. The number of likely N-dealkylation sites (N-methyl/N-ethyl adjacent to an activating group) is 2. The Kier molecular flexibility index (Phi) is 18.9. The maximum atomic E-state index is 14.1. The molecule has 2 saturated heterocycles. The van der Waals surface area contributed by atoms with Crippen molar-refractivity contribution in [2.24, 2.45) is 11.8 Å². The summed E-state index contributed by atoms with van der Waals surface area (Å²) in [6.07, 6.45) is 1.62. The number of rotatable bonds is 18. The van der Waals surface area contributed by atoms with E-state index in [1.54, 1.807) is 31.2 Å². The monoisotopic (exact) mass is 884 g/mol. The number of likely N-dealkylation sites (tertiary alicyclic amines) is 2. The van der Waals surface area contributed by atoms with E-state index in [1.807, 2.05) is 57.2 Å². The normalized spacial score (nSPS) is 18.0. The van der Waals surface area contributed by atoms with Gasteiger partial charge in [0.05, 0.1) is 13.7 Å².